The maximum absolute atomic E-state index is 13.0. The topological polar surface area (TPSA) is 107 Å². The quantitative estimate of drug-likeness (QED) is 0.238. The lowest BCUT2D eigenvalue weighted by molar-refractivity contribution is -0.125. The highest BCUT2D eigenvalue weighted by Gasteiger charge is 2.26. The Balaban J connectivity index is 1.40. The van der Waals surface area contributed by atoms with E-state index in [0.717, 1.165) is 5.56 Å². The van der Waals surface area contributed by atoms with Crippen molar-refractivity contribution in [3.63, 3.8) is 0 Å². The lowest BCUT2D eigenvalue weighted by Crippen LogP contribution is -2.48. The van der Waals surface area contributed by atoms with E-state index in [2.05, 4.69) is 10.6 Å². The van der Waals surface area contributed by atoms with Crippen molar-refractivity contribution in [2.75, 3.05) is 11.9 Å². The molecule has 0 fully saturated rings. The van der Waals surface area contributed by atoms with E-state index in [-0.39, 0.29) is 19.0 Å². The lowest BCUT2D eigenvalue weighted by Gasteiger charge is -2.18. The number of para-hydroxylation sites is 1. The first-order valence-corrected chi connectivity index (χ1v) is 11.2. The highest BCUT2D eigenvalue weighted by atomic mass is 16.5. The molecule has 4 aromatic rings. The molecule has 2 amide bonds. The number of anilines is 1. The Hall–Kier alpha value is -4.69. The molecule has 0 spiro atoms. The minimum Gasteiger partial charge on any atom is -0.461 e. The third kappa shape index (κ3) is 6.91. The van der Waals surface area contributed by atoms with Gasteiger partial charge in [-0.25, -0.2) is 0 Å². The average Bonchev–Trinajstić information content (AvgIpc) is 3.45. The molecule has 182 valence electrons. The van der Waals surface area contributed by atoms with Crippen LogP contribution in [0.4, 0.5) is 5.69 Å². The zero-order valence-electron chi connectivity index (χ0n) is 19.3. The standard InChI is InChI=1S/C28H24N2O6/c31-26(25-12-7-17-35-25)28(33)30-24(19-34-18-20-8-3-1-4-9-20)27(32)29-21-13-15-23(16-14-21)36-22-10-5-2-6-11-22/h1-17,24H,18-19H2,(H,29,32)(H,30,33). The summed E-state index contributed by atoms with van der Waals surface area (Å²) in [4.78, 5) is 37.8. The molecule has 3 aromatic carbocycles. The second-order valence-electron chi connectivity index (χ2n) is 7.76. The van der Waals surface area contributed by atoms with Crippen molar-refractivity contribution in [2.45, 2.75) is 12.6 Å². The predicted octanol–water partition coefficient (Wildman–Crippen LogP) is 4.59. The van der Waals surface area contributed by atoms with Crippen LogP contribution in [0.1, 0.15) is 16.1 Å². The van der Waals surface area contributed by atoms with Gasteiger partial charge in [0.15, 0.2) is 5.76 Å². The summed E-state index contributed by atoms with van der Waals surface area (Å²) in [6, 6.07) is 27.2. The zero-order valence-corrected chi connectivity index (χ0v) is 19.3. The van der Waals surface area contributed by atoms with Crippen molar-refractivity contribution < 1.29 is 28.3 Å². The molecule has 0 aliphatic rings. The number of Topliss-reactive ketones (excluding diaryl/α,β-unsaturated/α-hetero) is 1. The smallest absolute Gasteiger partial charge is 0.296 e. The molecule has 1 atom stereocenters. The van der Waals surface area contributed by atoms with E-state index in [1.54, 1.807) is 24.3 Å². The molecule has 1 heterocycles. The van der Waals surface area contributed by atoms with E-state index in [9.17, 15) is 14.4 Å². The van der Waals surface area contributed by atoms with Crippen LogP contribution in [0, 0.1) is 0 Å². The summed E-state index contributed by atoms with van der Waals surface area (Å²) in [7, 11) is 0. The summed E-state index contributed by atoms with van der Waals surface area (Å²) in [6.45, 7) is 0.0885. The molecule has 0 aliphatic carbocycles. The van der Waals surface area contributed by atoms with Gasteiger partial charge in [-0.3, -0.25) is 14.4 Å². The van der Waals surface area contributed by atoms with Crippen LogP contribution < -0.4 is 15.4 Å². The van der Waals surface area contributed by atoms with Crippen LogP contribution in [-0.4, -0.2) is 30.2 Å². The first-order valence-electron chi connectivity index (χ1n) is 11.2. The molecule has 36 heavy (non-hydrogen) atoms. The van der Waals surface area contributed by atoms with Crippen molar-refractivity contribution >= 4 is 23.3 Å². The molecule has 0 radical (unpaired) electrons. The molecule has 8 heteroatoms. The van der Waals surface area contributed by atoms with Crippen molar-refractivity contribution in [3.8, 4) is 11.5 Å². The van der Waals surface area contributed by atoms with E-state index >= 15 is 0 Å². The predicted molar refractivity (Wildman–Crippen MR) is 133 cm³/mol. The van der Waals surface area contributed by atoms with Gasteiger partial charge in [0.25, 0.3) is 11.7 Å². The third-order valence-electron chi connectivity index (χ3n) is 5.07. The number of furan rings is 1. The van der Waals surface area contributed by atoms with Gasteiger partial charge in [0.1, 0.15) is 17.5 Å². The Morgan fingerprint density at radius 2 is 1.44 bits per heavy atom. The third-order valence-corrected chi connectivity index (χ3v) is 5.07. The van der Waals surface area contributed by atoms with Gasteiger partial charge in [-0.1, -0.05) is 48.5 Å². The SMILES string of the molecule is O=C(NC(COCc1ccccc1)C(=O)Nc1ccc(Oc2ccccc2)cc1)C(=O)c1ccco1. The molecule has 0 aliphatic heterocycles. The zero-order chi connectivity index (χ0) is 25.2. The normalized spacial score (nSPS) is 11.3. The molecular weight excluding hydrogens is 460 g/mol. The molecular formula is C28H24N2O6. The van der Waals surface area contributed by atoms with Crippen molar-refractivity contribution in [1.82, 2.24) is 5.32 Å². The number of carbonyl (C=O) groups is 3. The fourth-order valence-corrected chi connectivity index (χ4v) is 3.26. The minimum atomic E-state index is -1.12. The fourth-order valence-electron chi connectivity index (χ4n) is 3.26. The van der Waals surface area contributed by atoms with Gasteiger partial charge in [0, 0.05) is 5.69 Å². The Morgan fingerprint density at radius 1 is 0.778 bits per heavy atom. The first kappa shape index (κ1) is 24.4. The Kier molecular flexibility index (Phi) is 8.24. The van der Waals surface area contributed by atoms with Gasteiger partial charge in [0.2, 0.25) is 5.91 Å². The summed E-state index contributed by atoms with van der Waals surface area (Å²) in [6.07, 6.45) is 1.29. The summed E-state index contributed by atoms with van der Waals surface area (Å²) >= 11 is 0. The van der Waals surface area contributed by atoms with Gasteiger partial charge in [-0.2, -0.15) is 0 Å². The largest absolute Gasteiger partial charge is 0.461 e. The van der Waals surface area contributed by atoms with Gasteiger partial charge in [-0.15, -0.1) is 0 Å². The molecule has 8 nitrogen and oxygen atoms in total. The number of rotatable bonds is 11. The fraction of sp³-hybridized carbons (Fsp3) is 0.107. The van der Waals surface area contributed by atoms with E-state index in [4.69, 9.17) is 13.9 Å². The summed E-state index contributed by atoms with van der Waals surface area (Å²) in [5.41, 5.74) is 1.39. The number of hydrogen-bond acceptors (Lipinski definition) is 6. The number of hydrogen-bond donors (Lipinski definition) is 2. The number of nitrogens with one attached hydrogen (secondary N) is 2. The number of ether oxygens (including phenoxy) is 2. The second kappa shape index (κ2) is 12.1. The molecule has 0 saturated heterocycles. The molecule has 0 bridgehead atoms. The number of ketones is 1. The first-order chi connectivity index (χ1) is 17.6. The lowest BCUT2D eigenvalue weighted by atomic mass is 10.2. The van der Waals surface area contributed by atoms with Crippen molar-refractivity contribution in [3.05, 3.63) is 115 Å². The summed E-state index contributed by atoms with van der Waals surface area (Å²) in [5, 5.41) is 5.18. The van der Waals surface area contributed by atoms with E-state index < -0.39 is 23.6 Å². The van der Waals surface area contributed by atoms with E-state index in [0.29, 0.717) is 17.2 Å². The maximum Gasteiger partial charge on any atom is 0.296 e. The Morgan fingerprint density at radius 3 is 2.11 bits per heavy atom. The molecule has 2 N–H and O–H groups in total. The Labute approximate surface area is 207 Å². The highest BCUT2D eigenvalue weighted by molar-refractivity contribution is 6.42. The number of benzene rings is 3. The molecule has 4 rings (SSSR count). The molecule has 1 aromatic heterocycles. The second-order valence-corrected chi connectivity index (χ2v) is 7.76. The van der Waals surface area contributed by atoms with Crippen LogP contribution in [0.25, 0.3) is 0 Å². The van der Waals surface area contributed by atoms with Crippen molar-refractivity contribution in [2.24, 2.45) is 0 Å². The summed E-state index contributed by atoms with van der Waals surface area (Å²) in [5.74, 6) is -1.23. The summed E-state index contributed by atoms with van der Waals surface area (Å²) < 4.78 is 16.4. The van der Waals surface area contributed by atoms with Crippen LogP contribution in [0.3, 0.4) is 0 Å². The maximum atomic E-state index is 13.0. The van der Waals surface area contributed by atoms with E-state index in [1.807, 2.05) is 60.7 Å². The molecule has 1 unspecified atom stereocenters. The van der Waals surface area contributed by atoms with Gasteiger partial charge >= 0.3 is 0 Å². The monoisotopic (exact) mass is 484 g/mol. The minimum absolute atomic E-state index is 0.120. The highest BCUT2D eigenvalue weighted by Crippen LogP contribution is 2.22. The van der Waals surface area contributed by atoms with Crippen LogP contribution in [-0.2, 0) is 20.9 Å². The van der Waals surface area contributed by atoms with E-state index in [1.165, 1.54) is 18.4 Å². The van der Waals surface area contributed by atoms with Crippen molar-refractivity contribution in [1.29, 1.82) is 0 Å². The van der Waals surface area contributed by atoms with Crippen LogP contribution in [0.5, 0.6) is 11.5 Å². The van der Waals surface area contributed by atoms with Gasteiger partial charge in [-0.05, 0) is 54.1 Å². The van der Waals surface area contributed by atoms with Gasteiger partial charge in [0.05, 0.1) is 19.5 Å². The Bertz CT molecular complexity index is 1270. The van der Waals surface area contributed by atoms with Crippen LogP contribution in [0.2, 0.25) is 0 Å². The van der Waals surface area contributed by atoms with Crippen LogP contribution >= 0.6 is 0 Å². The van der Waals surface area contributed by atoms with Gasteiger partial charge < -0.3 is 24.5 Å². The molecule has 0 saturated carbocycles. The average molecular weight is 485 g/mol. The van der Waals surface area contributed by atoms with Crippen LogP contribution in [0.15, 0.2) is 108 Å². The number of amides is 2. The number of carbonyl (C=O) groups excluding carboxylic acids is 3.